The van der Waals surface area contributed by atoms with Gasteiger partial charge in [-0.15, -0.1) is 0 Å². The minimum Gasteiger partial charge on any atom is -0.493 e. The first-order chi connectivity index (χ1) is 22.4. The van der Waals surface area contributed by atoms with Crippen LogP contribution in [0.5, 0.6) is 11.5 Å². The highest BCUT2D eigenvalue weighted by molar-refractivity contribution is 6.06. The summed E-state index contributed by atoms with van der Waals surface area (Å²) in [6.07, 6.45) is 3.11. The molecule has 0 unspecified atom stereocenters. The fraction of sp³-hybridized carbons (Fsp3) is 0.385. The van der Waals surface area contributed by atoms with E-state index in [0.717, 1.165) is 47.4 Å². The number of methoxy groups -OCH3 is 1. The number of nitro benzene ring substituents is 1. The fourth-order valence-corrected chi connectivity index (χ4v) is 7.44. The van der Waals surface area contributed by atoms with E-state index in [-0.39, 0.29) is 34.7 Å². The Bertz CT molecular complexity index is 1750. The van der Waals surface area contributed by atoms with Gasteiger partial charge in [-0.2, -0.15) is 0 Å². The van der Waals surface area contributed by atoms with Crippen molar-refractivity contribution in [1.82, 2.24) is 4.90 Å². The van der Waals surface area contributed by atoms with Crippen LogP contribution in [0, 0.1) is 20.9 Å². The van der Waals surface area contributed by atoms with Crippen molar-refractivity contribution in [2.24, 2.45) is 10.8 Å². The second kappa shape index (κ2) is 12.5. The number of hydrogen-bond acceptors (Lipinski definition) is 7. The molecule has 3 aliphatic rings. The quantitative estimate of drug-likeness (QED) is 0.173. The van der Waals surface area contributed by atoms with E-state index in [0.29, 0.717) is 36.4 Å². The Balaban J connectivity index is 1.42. The molecule has 47 heavy (non-hydrogen) atoms. The zero-order valence-corrected chi connectivity index (χ0v) is 27.8. The first kappa shape index (κ1) is 32.2. The van der Waals surface area contributed by atoms with E-state index in [9.17, 15) is 19.7 Å². The van der Waals surface area contributed by atoms with Gasteiger partial charge in [-0.3, -0.25) is 19.7 Å². The SMILES string of the molecule is COc1cc(C2C3=C(CC(C)(C)CC3=O)N(CCc3ccccc3)C3=C2C(=O)CC(C)(C)C3)ccc1OCc1cccc([N+](=O)[O-])c1. The molecule has 244 valence electrons. The van der Waals surface area contributed by atoms with Crippen molar-refractivity contribution in [2.45, 2.75) is 72.3 Å². The second-order valence-electron chi connectivity index (χ2n) is 14.5. The number of nitro groups is 1. The predicted molar refractivity (Wildman–Crippen MR) is 180 cm³/mol. The largest absolute Gasteiger partial charge is 0.493 e. The van der Waals surface area contributed by atoms with E-state index in [1.54, 1.807) is 19.2 Å². The summed E-state index contributed by atoms with van der Waals surface area (Å²) >= 11 is 0. The molecule has 0 radical (unpaired) electrons. The average Bonchev–Trinajstić information content (AvgIpc) is 3.02. The molecule has 0 amide bonds. The molecule has 6 rings (SSSR count). The maximum Gasteiger partial charge on any atom is 0.269 e. The highest BCUT2D eigenvalue weighted by Gasteiger charge is 2.49. The van der Waals surface area contributed by atoms with Crippen molar-refractivity contribution >= 4 is 17.3 Å². The number of hydrogen-bond donors (Lipinski definition) is 0. The number of nitrogens with zero attached hydrogens (tertiary/aromatic N) is 2. The fourth-order valence-electron chi connectivity index (χ4n) is 7.44. The number of ether oxygens (including phenoxy) is 2. The molecule has 8 nitrogen and oxygen atoms in total. The number of ketones is 2. The van der Waals surface area contributed by atoms with Crippen LogP contribution in [0.1, 0.15) is 76.0 Å². The van der Waals surface area contributed by atoms with Crippen molar-refractivity contribution in [3.8, 4) is 11.5 Å². The van der Waals surface area contributed by atoms with Gasteiger partial charge in [-0.05, 0) is 58.9 Å². The summed E-state index contributed by atoms with van der Waals surface area (Å²) < 4.78 is 11.9. The van der Waals surface area contributed by atoms with E-state index in [2.05, 4.69) is 44.7 Å². The number of Topliss-reactive ketones (excluding diaryl/α,β-unsaturated/α-hetero) is 2. The molecular weight excluding hydrogens is 592 g/mol. The third kappa shape index (κ3) is 6.59. The molecule has 3 aromatic rings. The van der Waals surface area contributed by atoms with Gasteiger partial charge < -0.3 is 14.4 Å². The standard InChI is InChI=1S/C39H42N2O6/c1-38(2)20-29-36(31(42)22-38)35(27-14-15-33(34(19-27)46-5)47-24-26-12-9-13-28(18-26)41(44)45)37-30(21-39(3,4)23-32(37)43)40(29)17-16-25-10-7-6-8-11-25/h6-15,18-19,35H,16-17,20-24H2,1-5H3. The van der Waals surface area contributed by atoms with Gasteiger partial charge in [0.1, 0.15) is 6.61 Å². The lowest BCUT2D eigenvalue weighted by atomic mass is 9.63. The van der Waals surface area contributed by atoms with Crippen LogP contribution in [-0.2, 0) is 22.6 Å². The number of allylic oxidation sites excluding steroid dienone is 4. The zero-order chi connectivity index (χ0) is 33.5. The predicted octanol–water partition coefficient (Wildman–Crippen LogP) is 8.11. The Kier molecular flexibility index (Phi) is 8.55. The monoisotopic (exact) mass is 634 g/mol. The lowest BCUT2D eigenvalue weighted by Gasteiger charge is -2.49. The van der Waals surface area contributed by atoms with Crippen molar-refractivity contribution in [3.05, 3.63) is 122 Å². The zero-order valence-electron chi connectivity index (χ0n) is 27.8. The number of carbonyl (C=O) groups excluding carboxylic acids is 2. The number of benzene rings is 3. The van der Waals surface area contributed by atoms with Crippen molar-refractivity contribution in [2.75, 3.05) is 13.7 Å². The average molecular weight is 635 g/mol. The molecule has 0 atom stereocenters. The topological polar surface area (TPSA) is 99.0 Å². The van der Waals surface area contributed by atoms with Crippen LogP contribution in [0.4, 0.5) is 5.69 Å². The summed E-state index contributed by atoms with van der Waals surface area (Å²) in [4.78, 5) is 41.5. The van der Waals surface area contributed by atoms with Crippen LogP contribution in [0.2, 0.25) is 0 Å². The van der Waals surface area contributed by atoms with Crippen molar-refractivity contribution in [1.29, 1.82) is 0 Å². The van der Waals surface area contributed by atoms with Gasteiger partial charge in [-0.25, -0.2) is 0 Å². The Morgan fingerprint density at radius 2 is 1.40 bits per heavy atom. The van der Waals surface area contributed by atoms with E-state index < -0.39 is 10.8 Å². The van der Waals surface area contributed by atoms with Gasteiger partial charge in [0.05, 0.1) is 12.0 Å². The molecule has 2 aliphatic carbocycles. The minimum atomic E-state index is -0.500. The minimum absolute atomic E-state index is 0.00247. The Morgan fingerprint density at radius 1 is 0.787 bits per heavy atom. The van der Waals surface area contributed by atoms with Crippen LogP contribution in [-0.4, -0.2) is 35.0 Å². The van der Waals surface area contributed by atoms with Crippen LogP contribution < -0.4 is 9.47 Å². The van der Waals surface area contributed by atoms with Gasteiger partial charge >= 0.3 is 0 Å². The van der Waals surface area contributed by atoms with Crippen LogP contribution in [0.3, 0.4) is 0 Å². The van der Waals surface area contributed by atoms with Crippen molar-refractivity contribution in [3.63, 3.8) is 0 Å². The lowest BCUT2D eigenvalue weighted by Crippen LogP contribution is -2.45. The van der Waals surface area contributed by atoms with Gasteiger partial charge in [0.2, 0.25) is 0 Å². The molecule has 0 aromatic heterocycles. The normalized spacial score (nSPS) is 19.0. The number of rotatable bonds is 9. The lowest BCUT2D eigenvalue weighted by molar-refractivity contribution is -0.384. The summed E-state index contributed by atoms with van der Waals surface area (Å²) in [5, 5.41) is 11.2. The molecule has 0 saturated carbocycles. The van der Waals surface area contributed by atoms with Gasteiger partial charge in [0.25, 0.3) is 5.69 Å². The molecule has 0 spiro atoms. The Hall–Kier alpha value is -4.72. The van der Waals surface area contributed by atoms with Gasteiger partial charge in [-0.1, -0.05) is 76.2 Å². The van der Waals surface area contributed by atoms with E-state index in [1.165, 1.54) is 17.7 Å². The molecule has 1 heterocycles. The first-order valence-corrected chi connectivity index (χ1v) is 16.2. The highest BCUT2D eigenvalue weighted by Crippen LogP contribution is 2.55. The molecule has 8 heteroatoms. The number of carbonyl (C=O) groups is 2. The molecule has 3 aromatic carbocycles. The van der Waals surface area contributed by atoms with E-state index in [4.69, 9.17) is 9.47 Å². The summed E-state index contributed by atoms with van der Waals surface area (Å²) in [7, 11) is 1.56. The number of non-ortho nitro benzene ring substituents is 1. The maximum atomic E-state index is 14.2. The Morgan fingerprint density at radius 3 is 2.00 bits per heavy atom. The Labute approximate surface area is 276 Å². The second-order valence-corrected chi connectivity index (χ2v) is 14.5. The van der Waals surface area contributed by atoms with Crippen molar-refractivity contribution < 1.29 is 24.0 Å². The summed E-state index contributed by atoms with van der Waals surface area (Å²) in [6, 6.07) is 22.3. The smallest absolute Gasteiger partial charge is 0.269 e. The van der Waals surface area contributed by atoms with Crippen LogP contribution in [0.15, 0.2) is 95.3 Å². The maximum absolute atomic E-state index is 14.2. The summed E-state index contributed by atoms with van der Waals surface area (Å²) in [5.41, 5.74) is 5.76. The summed E-state index contributed by atoms with van der Waals surface area (Å²) in [5.74, 6) is 0.606. The molecule has 0 fully saturated rings. The highest BCUT2D eigenvalue weighted by atomic mass is 16.6. The van der Waals surface area contributed by atoms with Gasteiger partial charge in [0.15, 0.2) is 23.1 Å². The third-order valence-electron chi connectivity index (χ3n) is 9.53. The van der Waals surface area contributed by atoms with Crippen LogP contribution in [0.25, 0.3) is 0 Å². The first-order valence-electron chi connectivity index (χ1n) is 16.2. The van der Waals surface area contributed by atoms with Gasteiger partial charge in [0, 0.05) is 60.0 Å². The van der Waals surface area contributed by atoms with Crippen LogP contribution >= 0.6 is 0 Å². The third-order valence-corrected chi connectivity index (χ3v) is 9.53. The van der Waals surface area contributed by atoms with E-state index >= 15 is 0 Å². The molecule has 0 saturated heterocycles. The molecule has 0 N–H and O–H groups in total. The van der Waals surface area contributed by atoms with E-state index in [1.807, 2.05) is 36.4 Å². The summed E-state index contributed by atoms with van der Waals surface area (Å²) in [6.45, 7) is 9.40. The molecular formula is C39H42N2O6. The molecule has 1 aliphatic heterocycles. The molecule has 0 bridgehead atoms.